The van der Waals surface area contributed by atoms with E-state index in [0.717, 1.165) is 13.1 Å². The summed E-state index contributed by atoms with van der Waals surface area (Å²) in [5.74, 6) is 0. The lowest BCUT2D eigenvalue weighted by Crippen LogP contribution is -2.50. The van der Waals surface area contributed by atoms with Crippen LogP contribution in [0.3, 0.4) is 0 Å². The summed E-state index contributed by atoms with van der Waals surface area (Å²) in [6.07, 6.45) is 2.40. The number of anilines is 1. The number of benzene rings is 1. The first-order valence-corrected chi connectivity index (χ1v) is 6.62. The minimum absolute atomic E-state index is 0.317. The van der Waals surface area contributed by atoms with Crippen molar-refractivity contribution in [1.82, 2.24) is 5.32 Å². The van der Waals surface area contributed by atoms with E-state index < -0.39 is 0 Å². The molecule has 0 amide bonds. The molecule has 88 valence electrons. The summed E-state index contributed by atoms with van der Waals surface area (Å²) in [5.41, 5.74) is 1.64. The van der Waals surface area contributed by atoms with E-state index in [1.54, 1.807) is 0 Å². The van der Waals surface area contributed by atoms with Gasteiger partial charge in [-0.05, 0) is 54.9 Å². The summed E-state index contributed by atoms with van der Waals surface area (Å²) in [5, 5.41) is 3.43. The van der Waals surface area contributed by atoms with E-state index in [0.29, 0.717) is 5.54 Å². The lowest BCUT2D eigenvalue weighted by Gasteiger charge is -2.40. The van der Waals surface area contributed by atoms with Crippen molar-refractivity contribution in [1.29, 1.82) is 0 Å². The monoisotopic (exact) mass is 282 g/mol. The molecule has 3 heteroatoms. The zero-order valence-electron chi connectivity index (χ0n) is 9.96. The van der Waals surface area contributed by atoms with Gasteiger partial charge in [-0.3, -0.25) is 0 Å². The number of piperidine rings is 1. The Balaban J connectivity index is 2.07. The van der Waals surface area contributed by atoms with Crippen LogP contribution in [0.5, 0.6) is 0 Å². The Labute approximate surface area is 106 Å². The van der Waals surface area contributed by atoms with Gasteiger partial charge in [0.25, 0.3) is 0 Å². The Kier molecular flexibility index (Phi) is 3.55. The first-order chi connectivity index (χ1) is 7.64. The topological polar surface area (TPSA) is 15.3 Å². The van der Waals surface area contributed by atoms with Gasteiger partial charge in [-0.2, -0.15) is 0 Å². The molecule has 1 saturated heterocycles. The van der Waals surface area contributed by atoms with Crippen LogP contribution in [0.2, 0.25) is 0 Å². The molecule has 1 aliphatic heterocycles. The molecule has 0 atom stereocenters. The molecule has 0 radical (unpaired) electrons. The van der Waals surface area contributed by atoms with Crippen LogP contribution in [0.15, 0.2) is 28.7 Å². The van der Waals surface area contributed by atoms with E-state index in [9.17, 15) is 0 Å². The van der Waals surface area contributed by atoms with Crippen LogP contribution in [0, 0.1) is 0 Å². The van der Waals surface area contributed by atoms with Crippen molar-refractivity contribution < 1.29 is 0 Å². The lowest BCUT2D eigenvalue weighted by molar-refractivity contribution is 0.305. The number of rotatable bonds is 2. The first kappa shape index (κ1) is 11.9. The normalized spacial score (nSPS) is 19.8. The second-order valence-electron chi connectivity index (χ2n) is 4.75. The minimum Gasteiger partial charge on any atom is -0.370 e. The predicted molar refractivity (Wildman–Crippen MR) is 73.1 cm³/mol. The number of nitrogens with zero attached hydrogens (tertiary/aromatic N) is 1. The average molecular weight is 283 g/mol. The van der Waals surface area contributed by atoms with Gasteiger partial charge in [-0.25, -0.2) is 0 Å². The molecule has 0 spiro atoms. The van der Waals surface area contributed by atoms with Crippen LogP contribution in [-0.4, -0.2) is 25.7 Å². The van der Waals surface area contributed by atoms with Crippen LogP contribution in [0.25, 0.3) is 0 Å². The van der Waals surface area contributed by atoms with Gasteiger partial charge in [-0.15, -0.1) is 0 Å². The summed E-state index contributed by atoms with van der Waals surface area (Å²) >= 11 is 3.62. The van der Waals surface area contributed by atoms with Crippen molar-refractivity contribution in [2.24, 2.45) is 0 Å². The second kappa shape index (κ2) is 4.76. The van der Waals surface area contributed by atoms with Crippen LogP contribution >= 0.6 is 15.9 Å². The molecule has 1 N–H and O–H groups in total. The molecule has 16 heavy (non-hydrogen) atoms. The maximum atomic E-state index is 3.62. The maximum absolute atomic E-state index is 3.62. The third-order valence-electron chi connectivity index (χ3n) is 3.66. The Bertz CT molecular complexity index is 357. The zero-order chi connectivity index (χ0) is 11.6. The second-order valence-corrected chi connectivity index (χ2v) is 5.60. The van der Waals surface area contributed by atoms with Crippen LogP contribution in [-0.2, 0) is 0 Å². The van der Waals surface area contributed by atoms with Crippen molar-refractivity contribution in [3.63, 3.8) is 0 Å². The Hall–Kier alpha value is -0.540. The third-order valence-corrected chi connectivity index (χ3v) is 4.33. The van der Waals surface area contributed by atoms with Crippen molar-refractivity contribution in [2.75, 3.05) is 25.0 Å². The third kappa shape index (κ3) is 2.41. The van der Waals surface area contributed by atoms with E-state index >= 15 is 0 Å². The van der Waals surface area contributed by atoms with Crippen molar-refractivity contribution in [3.8, 4) is 0 Å². The molecule has 1 aliphatic rings. The molecule has 0 aromatic heterocycles. The summed E-state index contributed by atoms with van der Waals surface area (Å²) in [7, 11) is 2.06. The fraction of sp³-hybridized carbons (Fsp3) is 0.538. The zero-order valence-corrected chi connectivity index (χ0v) is 11.5. The molecule has 0 aliphatic carbocycles. The molecular weight excluding hydrogens is 264 g/mol. The van der Waals surface area contributed by atoms with E-state index in [-0.39, 0.29) is 0 Å². The number of nitrogens with one attached hydrogen (secondary N) is 1. The molecule has 1 heterocycles. The van der Waals surface area contributed by atoms with Gasteiger partial charge < -0.3 is 10.2 Å². The highest BCUT2D eigenvalue weighted by atomic mass is 79.9. The van der Waals surface area contributed by atoms with Crippen LogP contribution in [0.1, 0.15) is 19.8 Å². The highest BCUT2D eigenvalue weighted by Crippen LogP contribution is 2.30. The standard InChI is InChI=1S/C13H19BrN2/c1-13(15-2)7-9-16(10-8-13)12-6-4-3-5-11(12)14/h3-6,15H,7-10H2,1-2H3. The lowest BCUT2D eigenvalue weighted by atomic mass is 9.90. The van der Waals surface area contributed by atoms with E-state index in [4.69, 9.17) is 0 Å². The minimum atomic E-state index is 0.317. The van der Waals surface area contributed by atoms with Gasteiger partial charge in [0.1, 0.15) is 0 Å². The molecular formula is C13H19BrN2. The number of halogens is 1. The number of hydrogen-bond acceptors (Lipinski definition) is 2. The Morgan fingerprint density at radius 3 is 2.44 bits per heavy atom. The van der Waals surface area contributed by atoms with Crippen molar-refractivity contribution >= 4 is 21.6 Å². The fourth-order valence-corrected chi connectivity index (χ4v) is 2.73. The largest absolute Gasteiger partial charge is 0.370 e. The van der Waals surface area contributed by atoms with E-state index in [1.807, 2.05) is 0 Å². The highest BCUT2D eigenvalue weighted by molar-refractivity contribution is 9.10. The van der Waals surface area contributed by atoms with Gasteiger partial charge in [0.05, 0.1) is 5.69 Å². The molecule has 0 bridgehead atoms. The first-order valence-electron chi connectivity index (χ1n) is 5.83. The predicted octanol–water partition coefficient (Wildman–Crippen LogP) is 3.03. The Morgan fingerprint density at radius 2 is 1.88 bits per heavy atom. The van der Waals surface area contributed by atoms with Gasteiger partial charge in [-0.1, -0.05) is 12.1 Å². The van der Waals surface area contributed by atoms with E-state index in [1.165, 1.54) is 23.0 Å². The molecule has 1 aromatic rings. The smallest absolute Gasteiger partial charge is 0.0510 e. The summed E-state index contributed by atoms with van der Waals surface area (Å²) in [6, 6.07) is 8.47. The van der Waals surface area contributed by atoms with E-state index in [2.05, 4.69) is 64.4 Å². The van der Waals surface area contributed by atoms with Gasteiger partial charge in [0.2, 0.25) is 0 Å². The SMILES string of the molecule is CNC1(C)CCN(c2ccccc2Br)CC1. The van der Waals surface area contributed by atoms with Crippen LogP contribution in [0.4, 0.5) is 5.69 Å². The molecule has 0 saturated carbocycles. The number of para-hydroxylation sites is 1. The molecule has 1 aromatic carbocycles. The van der Waals surface area contributed by atoms with Crippen molar-refractivity contribution in [3.05, 3.63) is 28.7 Å². The summed E-state index contributed by atoms with van der Waals surface area (Å²) in [4.78, 5) is 2.46. The number of hydrogen-bond donors (Lipinski definition) is 1. The fourth-order valence-electron chi connectivity index (χ4n) is 2.20. The molecule has 1 fully saturated rings. The summed E-state index contributed by atoms with van der Waals surface area (Å²) < 4.78 is 1.20. The van der Waals surface area contributed by atoms with Crippen LogP contribution < -0.4 is 10.2 Å². The average Bonchev–Trinajstić information content (AvgIpc) is 2.31. The molecule has 2 rings (SSSR count). The summed E-state index contributed by atoms with van der Waals surface area (Å²) in [6.45, 7) is 4.56. The van der Waals surface area contributed by atoms with Gasteiger partial charge >= 0.3 is 0 Å². The maximum Gasteiger partial charge on any atom is 0.0510 e. The molecule has 0 unspecified atom stereocenters. The quantitative estimate of drug-likeness (QED) is 0.897. The Morgan fingerprint density at radius 1 is 1.25 bits per heavy atom. The highest BCUT2D eigenvalue weighted by Gasteiger charge is 2.28. The van der Waals surface area contributed by atoms with Gasteiger partial charge in [0.15, 0.2) is 0 Å². The molecule has 2 nitrogen and oxygen atoms in total. The van der Waals surface area contributed by atoms with Crippen molar-refractivity contribution in [2.45, 2.75) is 25.3 Å². The van der Waals surface area contributed by atoms with Gasteiger partial charge in [0, 0.05) is 23.1 Å².